The number of nitrogens with zero attached hydrogens (tertiary/aromatic N) is 3. The van der Waals surface area contributed by atoms with Gasteiger partial charge in [-0.3, -0.25) is 14.9 Å². The van der Waals surface area contributed by atoms with Gasteiger partial charge >= 0.3 is 0 Å². The zero-order chi connectivity index (χ0) is 20.1. The molecule has 2 heterocycles. The number of amides is 1. The Kier molecular flexibility index (Phi) is 5.84. The van der Waals surface area contributed by atoms with Crippen LogP contribution in [0.5, 0.6) is 0 Å². The lowest BCUT2D eigenvalue weighted by atomic mass is 9.97. The maximum absolute atomic E-state index is 11.2. The molecule has 6 nitrogen and oxygen atoms in total. The number of nitrogens with one attached hydrogen (secondary N) is 1. The molecular weight excluding hydrogens is 364 g/mol. The Balaban J connectivity index is 1.41. The Morgan fingerprint density at radius 1 is 1.14 bits per heavy atom. The molecule has 0 radical (unpaired) electrons. The second kappa shape index (κ2) is 8.86. The highest BCUT2D eigenvalue weighted by Gasteiger charge is 2.17. The second-order valence-corrected chi connectivity index (χ2v) is 7.18. The Hall–Kier alpha value is -3.22. The van der Waals surface area contributed by atoms with Gasteiger partial charge in [0.15, 0.2) is 0 Å². The average molecular weight is 388 g/mol. The van der Waals surface area contributed by atoms with E-state index in [4.69, 9.17) is 5.21 Å². The van der Waals surface area contributed by atoms with Crippen molar-refractivity contribution in [2.75, 3.05) is 13.1 Å². The van der Waals surface area contributed by atoms with Crippen LogP contribution in [0.25, 0.3) is 11.8 Å². The third-order valence-corrected chi connectivity index (χ3v) is 5.27. The normalized spacial score (nSPS) is 14.1. The van der Waals surface area contributed by atoms with Crippen LogP contribution in [-0.2, 0) is 24.2 Å². The van der Waals surface area contributed by atoms with Gasteiger partial charge in [0.1, 0.15) is 0 Å². The highest BCUT2D eigenvalue weighted by molar-refractivity contribution is 5.90. The van der Waals surface area contributed by atoms with E-state index in [0.717, 1.165) is 43.7 Å². The van der Waals surface area contributed by atoms with Crippen molar-refractivity contribution < 1.29 is 10.0 Å². The monoisotopic (exact) mass is 388 g/mol. The van der Waals surface area contributed by atoms with Crippen LogP contribution in [-0.4, -0.2) is 38.9 Å². The number of carbonyl (C=O) groups excluding carboxylic acids is 1. The Morgan fingerprint density at radius 2 is 2.00 bits per heavy atom. The number of benzene rings is 2. The number of para-hydroxylation sites is 1. The van der Waals surface area contributed by atoms with Crippen molar-refractivity contribution in [2.45, 2.75) is 19.4 Å². The van der Waals surface area contributed by atoms with Gasteiger partial charge in [0, 0.05) is 44.0 Å². The van der Waals surface area contributed by atoms with Gasteiger partial charge < -0.3 is 0 Å². The molecule has 1 aromatic heterocycles. The molecule has 0 unspecified atom stereocenters. The van der Waals surface area contributed by atoms with Gasteiger partial charge in [-0.15, -0.1) is 0 Å². The Labute approximate surface area is 170 Å². The van der Waals surface area contributed by atoms with E-state index < -0.39 is 5.91 Å². The molecule has 0 saturated heterocycles. The summed E-state index contributed by atoms with van der Waals surface area (Å²) in [6, 6.07) is 18.5. The summed E-state index contributed by atoms with van der Waals surface area (Å²) < 4.78 is 2.01. The SMILES string of the molecule is O=C(C=Cc1ccc2c(c1)CN(CCc1ccnn1-c1ccccc1)CC2)NO. The lowest BCUT2D eigenvalue weighted by Gasteiger charge is -2.29. The fourth-order valence-electron chi connectivity index (χ4n) is 3.73. The van der Waals surface area contributed by atoms with E-state index in [2.05, 4.69) is 40.3 Å². The van der Waals surface area contributed by atoms with Gasteiger partial charge in [-0.2, -0.15) is 5.10 Å². The van der Waals surface area contributed by atoms with E-state index in [1.165, 1.54) is 22.9 Å². The molecule has 0 bridgehead atoms. The highest BCUT2D eigenvalue weighted by Crippen LogP contribution is 2.21. The standard InChI is InChI=1S/C23H24N4O2/c28-23(25-29)9-7-18-6-8-19-11-14-26(17-20(19)16-18)15-12-22-10-13-24-27(22)21-4-2-1-3-5-21/h1-10,13,16,29H,11-12,14-15,17H2,(H,25,28). The Morgan fingerprint density at radius 3 is 2.83 bits per heavy atom. The molecule has 0 fully saturated rings. The molecule has 0 spiro atoms. The molecule has 0 atom stereocenters. The minimum absolute atomic E-state index is 0.528. The highest BCUT2D eigenvalue weighted by atomic mass is 16.5. The average Bonchev–Trinajstić information content (AvgIpc) is 3.25. The van der Waals surface area contributed by atoms with Crippen molar-refractivity contribution in [3.8, 4) is 5.69 Å². The summed E-state index contributed by atoms with van der Waals surface area (Å²) in [5, 5.41) is 13.1. The number of hydroxylamine groups is 1. The molecule has 1 aliphatic heterocycles. The van der Waals surface area contributed by atoms with Crippen molar-refractivity contribution >= 4 is 12.0 Å². The number of rotatable bonds is 6. The third-order valence-electron chi connectivity index (χ3n) is 5.27. The number of hydrogen-bond acceptors (Lipinski definition) is 4. The Bertz CT molecular complexity index is 1010. The fourth-order valence-corrected chi connectivity index (χ4v) is 3.73. The summed E-state index contributed by atoms with van der Waals surface area (Å²) in [4.78, 5) is 13.6. The largest absolute Gasteiger partial charge is 0.298 e. The summed E-state index contributed by atoms with van der Waals surface area (Å²) in [6.07, 6.45) is 6.85. The topological polar surface area (TPSA) is 70.4 Å². The first-order valence-corrected chi connectivity index (χ1v) is 9.77. The van der Waals surface area contributed by atoms with Gasteiger partial charge in [-0.05, 0) is 47.4 Å². The number of hydrogen-bond donors (Lipinski definition) is 2. The van der Waals surface area contributed by atoms with E-state index >= 15 is 0 Å². The smallest absolute Gasteiger partial charge is 0.267 e. The quantitative estimate of drug-likeness (QED) is 0.387. The molecule has 0 saturated carbocycles. The van der Waals surface area contributed by atoms with Crippen LogP contribution < -0.4 is 5.48 Å². The number of carbonyl (C=O) groups is 1. The van der Waals surface area contributed by atoms with Crippen molar-refractivity contribution in [3.05, 3.63) is 89.3 Å². The predicted molar refractivity (Wildman–Crippen MR) is 112 cm³/mol. The molecule has 29 heavy (non-hydrogen) atoms. The predicted octanol–water partition coefficient (Wildman–Crippen LogP) is 2.99. The molecule has 1 aliphatic rings. The first-order valence-electron chi connectivity index (χ1n) is 9.77. The van der Waals surface area contributed by atoms with Crippen LogP contribution in [0.1, 0.15) is 22.4 Å². The lowest BCUT2D eigenvalue weighted by molar-refractivity contribution is -0.124. The number of fused-ring (bicyclic) bond motifs is 1. The number of aromatic nitrogens is 2. The second-order valence-electron chi connectivity index (χ2n) is 7.18. The molecule has 2 N–H and O–H groups in total. The molecule has 2 aromatic carbocycles. The van der Waals surface area contributed by atoms with E-state index in [-0.39, 0.29) is 0 Å². The molecule has 0 aliphatic carbocycles. The molecular formula is C23H24N4O2. The summed E-state index contributed by atoms with van der Waals surface area (Å²) in [7, 11) is 0. The summed E-state index contributed by atoms with van der Waals surface area (Å²) >= 11 is 0. The van der Waals surface area contributed by atoms with Crippen LogP contribution >= 0.6 is 0 Å². The minimum Gasteiger partial charge on any atom is -0.298 e. The summed E-state index contributed by atoms with van der Waals surface area (Å²) in [6.45, 7) is 2.89. The van der Waals surface area contributed by atoms with Crippen LogP contribution in [0.15, 0.2) is 66.9 Å². The van der Waals surface area contributed by atoms with Crippen molar-refractivity contribution in [3.63, 3.8) is 0 Å². The van der Waals surface area contributed by atoms with Crippen LogP contribution in [0.4, 0.5) is 0 Å². The van der Waals surface area contributed by atoms with Crippen molar-refractivity contribution in [2.24, 2.45) is 0 Å². The van der Waals surface area contributed by atoms with E-state index in [1.807, 2.05) is 35.1 Å². The van der Waals surface area contributed by atoms with Gasteiger partial charge in [0.25, 0.3) is 5.91 Å². The van der Waals surface area contributed by atoms with Gasteiger partial charge in [-0.1, -0.05) is 36.4 Å². The third kappa shape index (κ3) is 4.62. The van der Waals surface area contributed by atoms with E-state index in [0.29, 0.717) is 0 Å². The minimum atomic E-state index is -0.528. The summed E-state index contributed by atoms with van der Waals surface area (Å²) in [5.74, 6) is -0.528. The molecule has 148 valence electrons. The lowest BCUT2D eigenvalue weighted by Crippen LogP contribution is -2.32. The molecule has 6 heteroatoms. The maximum atomic E-state index is 11.2. The van der Waals surface area contributed by atoms with Crippen LogP contribution in [0.2, 0.25) is 0 Å². The molecule has 4 rings (SSSR count). The molecule has 3 aromatic rings. The zero-order valence-corrected chi connectivity index (χ0v) is 16.2. The van der Waals surface area contributed by atoms with Gasteiger partial charge in [0.2, 0.25) is 0 Å². The van der Waals surface area contributed by atoms with Crippen molar-refractivity contribution in [1.29, 1.82) is 0 Å². The first kappa shape index (κ1) is 19.1. The maximum Gasteiger partial charge on any atom is 0.267 e. The van der Waals surface area contributed by atoms with Crippen LogP contribution in [0.3, 0.4) is 0 Å². The van der Waals surface area contributed by atoms with Crippen molar-refractivity contribution in [1.82, 2.24) is 20.2 Å². The van der Waals surface area contributed by atoms with E-state index in [1.54, 1.807) is 11.6 Å². The van der Waals surface area contributed by atoms with Gasteiger partial charge in [0.05, 0.1) is 5.69 Å². The van der Waals surface area contributed by atoms with E-state index in [9.17, 15) is 4.79 Å². The fraction of sp³-hybridized carbons (Fsp3) is 0.217. The molecule has 1 amide bonds. The summed E-state index contributed by atoms with van der Waals surface area (Å²) in [5.41, 5.74) is 7.50. The van der Waals surface area contributed by atoms with Gasteiger partial charge in [-0.25, -0.2) is 10.2 Å². The van der Waals surface area contributed by atoms with Crippen LogP contribution in [0, 0.1) is 0 Å². The zero-order valence-electron chi connectivity index (χ0n) is 16.2. The first-order chi connectivity index (χ1) is 14.2.